The maximum atomic E-state index is 12.3. The van der Waals surface area contributed by atoms with Crippen molar-refractivity contribution in [3.05, 3.63) is 0 Å². The molecule has 0 unspecified atom stereocenters. The number of hydrazine groups is 1. The van der Waals surface area contributed by atoms with E-state index in [9.17, 15) is 14.4 Å². The van der Waals surface area contributed by atoms with Gasteiger partial charge in [0, 0.05) is 13.0 Å². The first-order chi connectivity index (χ1) is 12.0. The lowest BCUT2D eigenvalue weighted by molar-refractivity contribution is -0.132. The molecule has 0 aromatic rings. The molecule has 4 fully saturated rings. The van der Waals surface area contributed by atoms with Crippen molar-refractivity contribution >= 4 is 17.8 Å². The molecular formula is C18H30N4O3. The van der Waals surface area contributed by atoms with Crippen molar-refractivity contribution < 1.29 is 14.4 Å². The minimum atomic E-state index is -0.449. The van der Waals surface area contributed by atoms with Crippen LogP contribution in [0, 0.1) is 23.2 Å². The fraction of sp³-hybridized carbons (Fsp3) is 0.833. The highest BCUT2D eigenvalue weighted by atomic mass is 16.2. The monoisotopic (exact) mass is 350 g/mol. The topological polar surface area (TPSA) is 99.3 Å². The van der Waals surface area contributed by atoms with Crippen molar-refractivity contribution in [1.29, 1.82) is 0 Å². The van der Waals surface area contributed by atoms with Gasteiger partial charge in [-0.25, -0.2) is 10.2 Å². The summed E-state index contributed by atoms with van der Waals surface area (Å²) in [5.74, 6) is 1.97. The Bertz CT molecular complexity index is 499. The van der Waals surface area contributed by atoms with Gasteiger partial charge in [-0.15, -0.1) is 0 Å². The van der Waals surface area contributed by atoms with Crippen LogP contribution >= 0.6 is 0 Å². The van der Waals surface area contributed by atoms with Crippen LogP contribution in [0.4, 0.5) is 4.79 Å². The van der Waals surface area contributed by atoms with Gasteiger partial charge in [-0.1, -0.05) is 6.92 Å². The van der Waals surface area contributed by atoms with Crippen LogP contribution in [0.2, 0.25) is 0 Å². The van der Waals surface area contributed by atoms with Gasteiger partial charge < -0.3 is 10.6 Å². The molecule has 4 rings (SSSR count). The van der Waals surface area contributed by atoms with Crippen molar-refractivity contribution in [3.8, 4) is 0 Å². The van der Waals surface area contributed by atoms with E-state index in [1.807, 2.05) is 6.92 Å². The van der Waals surface area contributed by atoms with Gasteiger partial charge in [0.1, 0.15) is 0 Å². The maximum absolute atomic E-state index is 12.3. The van der Waals surface area contributed by atoms with Gasteiger partial charge in [0.2, 0.25) is 5.91 Å². The molecule has 0 atom stereocenters. The van der Waals surface area contributed by atoms with Gasteiger partial charge in [0.25, 0.3) is 5.91 Å². The lowest BCUT2D eigenvalue weighted by Crippen LogP contribution is -2.51. The Hall–Kier alpha value is -1.79. The standard InChI is InChI=1S/C18H30N4O3/c1-2-3-19-17(25)22-21-16(24)11-20-15(23)10-18-7-12-4-13(8-18)6-14(5-12)9-18/h12-14H,2-11H2,1H3,(H,20,23)(H,21,24)(H2,19,22,25). The van der Waals surface area contributed by atoms with Gasteiger partial charge in [-0.2, -0.15) is 0 Å². The maximum Gasteiger partial charge on any atom is 0.333 e. The molecule has 4 bridgehead atoms. The second-order valence-corrected chi connectivity index (χ2v) is 8.30. The van der Waals surface area contributed by atoms with Crippen molar-refractivity contribution in [3.63, 3.8) is 0 Å². The average Bonchev–Trinajstić information content (AvgIpc) is 2.54. The average molecular weight is 350 g/mol. The number of carbonyl (C=O) groups is 3. The van der Waals surface area contributed by atoms with Crippen molar-refractivity contribution in [1.82, 2.24) is 21.5 Å². The summed E-state index contributed by atoms with van der Waals surface area (Å²) in [7, 11) is 0. The Morgan fingerprint density at radius 1 is 0.880 bits per heavy atom. The summed E-state index contributed by atoms with van der Waals surface area (Å²) in [5.41, 5.74) is 4.73. The molecule has 25 heavy (non-hydrogen) atoms. The lowest BCUT2D eigenvalue weighted by atomic mass is 9.49. The Labute approximate surface area is 149 Å². The highest BCUT2D eigenvalue weighted by molar-refractivity contribution is 5.86. The molecule has 4 aliphatic carbocycles. The molecule has 0 radical (unpaired) electrons. The third-order valence-corrected chi connectivity index (χ3v) is 6.00. The zero-order chi connectivity index (χ0) is 17.9. The van der Waals surface area contributed by atoms with Gasteiger partial charge in [0.05, 0.1) is 6.54 Å². The summed E-state index contributed by atoms with van der Waals surface area (Å²) in [6, 6.07) is -0.449. The second kappa shape index (κ2) is 7.62. The Morgan fingerprint density at radius 3 is 2.04 bits per heavy atom. The number of carbonyl (C=O) groups excluding carboxylic acids is 3. The number of hydrogen-bond acceptors (Lipinski definition) is 3. The predicted molar refractivity (Wildman–Crippen MR) is 93.2 cm³/mol. The minimum absolute atomic E-state index is 0.0486. The summed E-state index contributed by atoms with van der Waals surface area (Å²) in [5, 5.41) is 5.29. The first kappa shape index (κ1) is 18.0. The molecule has 4 N–H and O–H groups in total. The molecule has 0 spiro atoms. The van der Waals surface area contributed by atoms with Gasteiger partial charge in [0.15, 0.2) is 0 Å². The van der Waals surface area contributed by atoms with E-state index < -0.39 is 11.9 Å². The molecule has 0 aromatic heterocycles. The molecule has 0 saturated heterocycles. The summed E-state index contributed by atoms with van der Waals surface area (Å²) in [6.07, 6.45) is 8.96. The number of urea groups is 1. The molecular weight excluding hydrogens is 320 g/mol. The van der Waals surface area contributed by atoms with Crippen LogP contribution in [0.25, 0.3) is 0 Å². The first-order valence-corrected chi connectivity index (χ1v) is 9.57. The summed E-state index contributed by atoms with van der Waals surface area (Å²) < 4.78 is 0. The van der Waals surface area contributed by atoms with Gasteiger partial charge >= 0.3 is 6.03 Å². The fourth-order valence-corrected chi connectivity index (χ4v) is 5.54. The second-order valence-electron chi connectivity index (χ2n) is 8.30. The molecule has 0 aliphatic heterocycles. The fourth-order valence-electron chi connectivity index (χ4n) is 5.54. The Kier molecular flexibility index (Phi) is 5.49. The molecule has 140 valence electrons. The summed E-state index contributed by atoms with van der Waals surface area (Å²) >= 11 is 0. The van der Waals surface area contributed by atoms with Gasteiger partial charge in [-0.3, -0.25) is 15.0 Å². The van der Waals surface area contributed by atoms with E-state index in [1.165, 1.54) is 38.5 Å². The summed E-state index contributed by atoms with van der Waals surface area (Å²) in [4.78, 5) is 35.4. The van der Waals surface area contributed by atoms with E-state index in [1.54, 1.807) is 0 Å². The third kappa shape index (κ3) is 4.64. The molecule has 4 aliphatic rings. The quantitative estimate of drug-likeness (QED) is 0.546. The summed E-state index contributed by atoms with van der Waals surface area (Å²) in [6.45, 7) is 2.38. The molecule has 4 saturated carbocycles. The highest BCUT2D eigenvalue weighted by Gasteiger charge is 2.51. The van der Waals surface area contributed by atoms with E-state index in [2.05, 4.69) is 21.5 Å². The van der Waals surface area contributed by atoms with Crippen LogP contribution in [0.3, 0.4) is 0 Å². The molecule has 0 heterocycles. The van der Waals surface area contributed by atoms with Crippen LogP contribution in [-0.2, 0) is 9.59 Å². The SMILES string of the molecule is CCCNC(=O)NNC(=O)CNC(=O)CC12CC3CC(CC(C3)C1)C2. The molecule has 7 nitrogen and oxygen atoms in total. The number of amides is 4. The smallest absolute Gasteiger partial charge is 0.333 e. The van der Waals surface area contributed by atoms with E-state index in [0.29, 0.717) is 13.0 Å². The lowest BCUT2D eigenvalue weighted by Gasteiger charge is -2.56. The van der Waals surface area contributed by atoms with E-state index in [4.69, 9.17) is 0 Å². The van der Waals surface area contributed by atoms with Crippen molar-refractivity contribution in [2.45, 2.75) is 58.3 Å². The predicted octanol–water partition coefficient (Wildman–Crippen LogP) is 1.45. The first-order valence-electron chi connectivity index (χ1n) is 9.57. The van der Waals surface area contributed by atoms with E-state index in [-0.39, 0.29) is 17.9 Å². The van der Waals surface area contributed by atoms with Crippen LogP contribution < -0.4 is 21.5 Å². The van der Waals surface area contributed by atoms with Gasteiger partial charge in [-0.05, 0) is 68.1 Å². The molecule has 4 amide bonds. The zero-order valence-corrected chi connectivity index (χ0v) is 15.0. The van der Waals surface area contributed by atoms with E-state index >= 15 is 0 Å². The third-order valence-electron chi connectivity index (χ3n) is 6.00. The highest BCUT2D eigenvalue weighted by Crippen LogP contribution is 2.61. The van der Waals surface area contributed by atoms with Crippen molar-refractivity contribution in [2.75, 3.05) is 13.1 Å². The van der Waals surface area contributed by atoms with Crippen LogP contribution in [-0.4, -0.2) is 30.9 Å². The number of hydrogen-bond donors (Lipinski definition) is 4. The molecule has 7 heteroatoms. The Morgan fingerprint density at radius 2 is 1.48 bits per heavy atom. The zero-order valence-electron chi connectivity index (χ0n) is 15.0. The molecule has 0 aromatic carbocycles. The number of nitrogens with one attached hydrogen (secondary N) is 4. The van der Waals surface area contributed by atoms with Crippen molar-refractivity contribution in [2.24, 2.45) is 23.2 Å². The van der Waals surface area contributed by atoms with Crippen LogP contribution in [0.1, 0.15) is 58.3 Å². The van der Waals surface area contributed by atoms with E-state index in [0.717, 1.165) is 24.2 Å². The van der Waals surface area contributed by atoms with Crippen LogP contribution in [0.5, 0.6) is 0 Å². The van der Waals surface area contributed by atoms with Crippen LogP contribution in [0.15, 0.2) is 0 Å². The Balaban J connectivity index is 1.37. The number of rotatable bonds is 6. The largest absolute Gasteiger partial charge is 0.347 e. The normalized spacial score (nSPS) is 32.1. The minimum Gasteiger partial charge on any atom is -0.347 e.